The van der Waals surface area contributed by atoms with E-state index in [0.29, 0.717) is 49.1 Å². The molecule has 5 aromatic rings. The van der Waals surface area contributed by atoms with Crippen LogP contribution in [0.25, 0.3) is 16.8 Å². The van der Waals surface area contributed by atoms with Crippen molar-refractivity contribution >= 4 is 50.1 Å². The number of ether oxygens (including phenoxy) is 3. The summed E-state index contributed by atoms with van der Waals surface area (Å²) >= 11 is 4.94. The van der Waals surface area contributed by atoms with Gasteiger partial charge in [0.1, 0.15) is 6.61 Å². The molecule has 0 saturated carbocycles. The molecule has 1 aromatic heterocycles. The van der Waals surface area contributed by atoms with Crippen LogP contribution in [0.4, 0.5) is 0 Å². The Hall–Kier alpha value is -4.47. The number of nitrogens with zero attached hydrogens (tertiary/aromatic N) is 2. The lowest BCUT2D eigenvalue weighted by atomic mass is 9.93. The zero-order valence-corrected chi connectivity index (χ0v) is 28.6. The molecule has 0 N–H and O–H groups in total. The Morgan fingerprint density at radius 3 is 2.50 bits per heavy atom. The van der Waals surface area contributed by atoms with Gasteiger partial charge in [0, 0.05) is 0 Å². The van der Waals surface area contributed by atoms with Crippen molar-refractivity contribution in [2.75, 3.05) is 14.2 Å². The van der Waals surface area contributed by atoms with Crippen LogP contribution in [0.15, 0.2) is 104 Å². The third-order valence-corrected chi connectivity index (χ3v) is 9.72. The van der Waals surface area contributed by atoms with Crippen LogP contribution in [-0.4, -0.2) is 24.8 Å². The van der Waals surface area contributed by atoms with Crippen LogP contribution in [-0.2, 0) is 16.1 Å². The number of fused-ring (bicyclic) bond motifs is 2. The summed E-state index contributed by atoms with van der Waals surface area (Å²) < 4.78 is 19.9. The number of esters is 1. The number of allylic oxidation sites excluding steroid dienone is 1. The maximum absolute atomic E-state index is 14.1. The van der Waals surface area contributed by atoms with Crippen LogP contribution in [0.5, 0.6) is 11.5 Å². The van der Waals surface area contributed by atoms with Crippen molar-refractivity contribution in [2.45, 2.75) is 39.3 Å². The number of halogens is 1. The Morgan fingerprint density at radius 1 is 1.04 bits per heavy atom. The van der Waals surface area contributed by atoms with Crippen molar-refractivity contribution in [2.24, 2.45) is 4.99 Å². The van der Waals surface area contributed by atoms with Gasteiger partial charge in [0.2, 0.25) is 0 Å². The molecule has 1 aliphatic rings. The molecule has 9 heteroatoms. The Labute approximate surface area is 279 Å². The smallest absolute Gasteiger partial charge is 0.338 e. The van der Waals surface area contributed by atoms with E-state index in [0.717, 1.165) is 27.5 Å². The van der Waals surface area contributed by atoms with E-state index >= 15 is 0 Å². The average Bonchev–Trinajstić information content (AvgIpc) is 3.36. The molecule has 0 saturated heterocycles. The van der Waals surface area contributed by atoms with Gasteiger partial charge in [-0.25, -0.2) is 9.79 Å². The second-order valence-electron chi connectivity index (χ2n) is 11.4. The molecule has 1 atom stereocenters. The number of methoxy groups -OCH3 is 2. The number of hydrogen-bond acceptors (Lipinski definition) is 7. The first kappa shape index (κ1) is 31.5. The maximum atomic E-state index is 14.1. The molecule has 0 radical (unpaired) electrons. The second-order valence-corrected chi connectivity index (χ2v) is 13.2. The highest BCUT2D eigenvalue weighted by atomic mass is 79.9. The molecule has 0 unspecified atom stereocenters. The molecule has 46 heavy (non-hydrogen) atoms. The number of carbonyl (C=O) groups excluding carboxylic acids is 1. The molecular formula is C37H33BrN2O5S. The fraction of sp³-hybridized carbons (Fsp3) is 0.216. The summed E-state index contributed by atoms with van der Waals surface area (Å²) in [7, 11) is 2.93. The summed E-state index contributed by atoms with van der Waals surface area (Å²) in [5.41, 5.74) is 4.40. The summed E-state index contributed by atoms with van der Waals surface area (Å²) in [5.74, 6) is 0.929. The number of hydrogen-bond donors (Lipinski definition) is 0. The quantitative estimate of drug-likeness (QED) is 0.163. The van der Waals surface area contributed by atoms with Crippen LogP contribution in [0.1, 0.15) is 55.0 Å². The summed E-state index contributed by atoms with van der Waals surface area (Å²) in [5, 5.41) is 2.28. The van der Waals surface area contributed by atoms with Crippen molar-refractivity contribution in [1.82, 2.24) is 4.57 Å². The molecule has 0 aliphatic carbocycles. The predicted molar refractivity (Wildman–Crippen MR) is 185 cm³/mol. The third kappa shape index (κ3) is 5.92. The van der Waals surface area contributed by atoms with Crippen molar-refractivity contribution in [1.29, 1.82) is 0 Å². The lowest BCUT2D eigenvalue weighted by Crippen LogP contribution is -2.39. The van der Waals surface area contributed by atoms with E-state index < -0.39 is 12.0 Å². The standard InChI is InChI=1S/C37H33BrN2O5S/c1-21(2)24-13-15-26(16-14-24)33-32(36(42)44-5)22(3)39-37-40(33)35(41)31(46-37)19-23-17-29(38)34(30(18-23)43-4)45-20-27-11-8-10-25-9-6-7-12-28(25)27/h6-19,21,33H,20H2,1-5H3/t33-/m0/s1. The van der Waals surface area contributed by atoms with Crippen molar-refractivity contribution in [3.63, 3.8) is 0 Å². The first-order chi connectivity index (χ1) is 22.2. The summed E-state index contributed by atoms with van der Waals surface area (Å²) in [6.45, 7) is 6.38. The number of rotatable bonds is 8. The average molecular weight is 698 g/mol. The molecule has 4 aromatic carbocycles. The zero-order valence-electron chi connectivity index (χ0n) is 26.2. The Kier molecular flexibility index (Phi) is 8.97. The molecule has 2 heterocycles. The van der Waals surface area contributed by atoms with Gasteiger partial charge in [0.15, 0.2) is 16.3 Å². The molecule has 0 amide bonds. The molecule has 234 valence electrons. The van der Waals surface area contributed by atoms with Crippen molar-refractivity contribution in [3.05, 3.63) is 137 Å². The fourth-order valence-electron chi connectivity index (χ4n) is 5.75. The van der Waals surface area contributed by atoms with Gasteiger partial charge >= 0.3 is 5.97 Å². The van der Waals surface area contributed by atoms with Gasteiger partial charge in [-0.05, 0) is 80.0 Å². The van der Waals surface area contributed by atoms with Crippen LogP contribution in [0.2, 0.25) is 0 Å². The normalized spacial score (nSPS) is 14.8. The van der Waals surface area contributed by atoms with Gasteiger partial charge < -0.3 is 14.2 Å². The van der Waals surface area contributed by atoms with Gasteiger partial charge in [-0.2, -0.15) is 0 Å². The van der Waals surface area contributed by atoms with Crippen LogP contribution < -0.4 is 24.4 Å². The van der Waals surface area contributed by atoms with Gasteiger partial charge in [0.25, 0.3) is 5.56 Å². The van der Waals surface area contributed by atoms with E-state index in [1.54, 1.807) is 18.6 Å². The Morgan fingerprint density at radius 2 is 1.78 bits per heavy atom. The minimum atomic E-state index is -0.668. The molecule has 7 nitrogen and oxygen atoms in total. The minimum absolute atomic E-state index is 0.248. The largest absolute Gasteiger partial charge is 0.493 e. The minimum Gasteiger partial charge on any atom is -0.493 e. The Bertz CT molecular complexity index is 2180. The third-order valence-electron chi connectivity index (χ3n) is 8.15. The highest BCUT2D eigenvalue weighted by molar-refractivity contribution is 9.10. The lowest BCUT2D eigenvalue weighted by Gasteiger charge is -2.24. The van der Waals surface area contributed by atoms with Crippen LogP contribution >= 0.6 is 27.3 Å². The van der Waals surface area contributed by atoms with Gasteiger partial charge in [-0.15, -0.1) is 0 Å². The van der Waals surface area contributed by atoms with E-state index in [1.165, 1.54) is 24.0 Å². The van der Waals surface area contributed by atoms with E-state index in [1.807, 2.05) is 60.7 Å². The van der Waals surface area contributed by atoms with E-state index in [-0.39, 0.29) is 5.56 Å². The van der Waals surface area contributed by atoms with E-state index in [4.69, 9.17) is 14.2 Å². The highest BCUT2D eigenvalue weighted by Gasteiger charge is 2.33. The number of benzene rings is 4. The number of aromatic nitrogens is 1. The Balaban J connectivity index is 1.39. The molecule has 0 fully saturated rings. The molecular weight excluding hydrogens is 664 g/mol. The molecule has 0 spiro atoms. The highest BCUT2D eigenvalue weighted by Crippen LogP contribution is 2.38. The van der Waals surface area contributed by atoms with Gasteiger partial charge in [-0.1, -0.05) is 91.9 Å². The number of thiazole rings is 1. The van der Waals surface area contributed by atoms with Gasteiger partial charge in [0.05, 0.1) is 40.5 Å². The van der Waals surface area contributed by atoms with E-state index in [2.05, 4.69) is 59.0 Å². The van der Waals surface area contributed by atoms with Crippen molar-refractivity contribution < 1.29 is 19.0 Å². The maximum Gasteiger partial charge on any atom is 0.338 e. The van der Waals surface area contributed by atoms with Crippen molar-refractivity contribution in [3.8, 4) is 11.5 Å². The fourth-order valence-corrected chi connectivity index (χ4v) is 7.37. The molecule has 6 rings (SSSR count). The summed E-state index contributed by atoms with van der Waals surface area (Å²) in [6, 6.07) is 25.4. The van der Waals surface area contributed by atoms with Crippen LogP contribution in [0, 0.1) is 0 Å². The first-order valence-corrected chi connectivity index (χ1v) is 16.5. The lowest BCUT2D eigenvalue weighted by molar-refractivity contribution is -0.136. The molecule has 0 bridgehead atoms. The predicted octanol–water partition coefficient (Wildman–Crippen LogP) is 7.03. The van der Waals surface area contributed by atoms with E-state index in [9.17, 15) is 9.59 Å². The van der Waals surface area contributed by atoms with Gasteiger partial charge in [-0.3, -0.25) is 9.36 Å². The summed E-state index contributed by atoms with van der Waals surface area (Å²) in [4.78, 5) is 32.2. The monoisotopic (exact) mass is 696 g/mol. The second kappa shape index (κ2) is 13.1. The number of carbonyl (C=O) groups is 1. The molecule has 1 aliphatic heterocycles. The topological polar surface area (TPSA) is 79.1 Å². The summed E-state index contributed by atoms with van der Waals surface area (Å²) in [6.07, 6.45) is 1.81. The SMILES string of the molecule is COC(=O)C1=C(C)N=c2sc(=Cc3cc(Br)c(OCc4cccc5ccccc45)c(OC)c3)c(=O)n2[C@H]1c1ccc(C(C)C)cc1. The zero-order chi connectivity index (χ0) is 32.5. The first-order valence-electron chi connectivity index (χ1n) is 14.9. The van der Waals surface area contributed by atoms with Crippen LogP contribution in [0.3, 0.4) is 0 Å².